The second-order valence-corrected chi connectivity index (χ2v) is 5.23. The van der Waals surface area contributed by atoms with Crippen LogP contribution in [-0.4, -0.2) is 19.1 Å². The van der Waals surface area contributed by atoms with E-state index in [0.29, 0.717) is 30.2 Å². The molecule has 2 heterocycles. The number of nitrogens with one attached hydrogen (secondary N) is 1. The Balaban J connectivity index is 2.61. The van der Waals surface area contributed by atoms with Gasteiger partial charge >= 0.3 is 5.69 Å². The number of hydrogen-bond acceptors (Lipinski definition) is 3. The molecule has 2 aromatic heterocycles. The zero-order valence-electron chi connectivity index (χ0n) is 11.6. The van der Waals surface area contributed by atoms with Crippen molar-refractivity contribution in [3.63, 3.8) is 0 Å². The van der Waals surface area contributed by atoms with Crippen molar-refractivity contribution in [3.8, 4) is 0 Å². The normalized spacial score (nSPS) is 11.6. The number of rotatable bonds is 5. The van der Waals surface area contributed by atoms with Crippen LogP contribution in [0.5, 0.6) is 0 Å². The Morgan fingerprint density at radius 1 is 1.37 bits per heavy atom. The molecule has 1 N–H and O–H groups in total. The van der Waals surface area contributed by atoms with Gasteiger partial charge in [0.05, 0.1) is 6.33 Å². The van der Waals surface area contributed by atoms with Gasteiger partial charge in [0.1, 0.15) is 0 Å². The summed E-state index contributed by atoms with van der Waals surface area (Å²) in [6.45, 7) is 7.51. The van der Waals surface area contributed by atoms with Crippen LogP contribution in [0, 0.1) is 5.92 Å². The average Bonchev–Trinajstić information content (AvgIpc) is 2.72. The van der Waals surface area contributed by atoms with Gasteiger partial charge in [-0.1, -0.05) is 27.2 Å². The second-order valence-electron chi connectivity index (χ2n) is 5.23. The predicted octanol–water partition coefficient (Wildman–Crippen LogP) is 1.34. The van der Waals surface area contributed by atoms with Gasteiger partial charge in [-0.3, -0.25) is 14.3 Å². The first kappa shape index (κ1) is 13.6. The van der Waals surface area contributed by atoms with E-state index in [0.717, 1.165) is 12.8 Å². The highest BCUT2D eigenvalue weighted by atomic mass is 16.2. The maximum atomic E-state index is 12.0. The van der Waals surface area contributed by atoms with Crippen LogP contribution in [0.3, 0.4) is 0 Å². The van der Waals surface area contributed by atoms with Gasteiger partial charge in [0.2, 0.25) is 0 Å². The van der Waals surface area contributed by atoms with Gasteiger partial charge in [0.15, 0.2) is 11.2 Å². The van der Waals surface area contributed by atoms with E-state index in [1.54, 1.807) is 10.9 Å². The molecule has 0 saturated carbocycles. The number of H-pyrrole nitrogens is 1. The highest BCUT2D eigenvalue weighted by Crippen LogP contribution is 2.09. The summed E-state index contributed by atoms with van der Waals surface area (Å²) in [6.07, 6.45) is 3.51. The number of hydrogen-bond donors (Lipinski definition) is 1. The van der Waals surface area contributed by atoms with Crippen LogP contribution in [-0.2, 0) is 13.1 Å². The largest absolute Gasteiger partial charge is 0.330 e. The lowest BCUT2D eigenvalue weighted by atomic mass is 10.2. The van der Waals surface area contributed by atoms with E-state index in [1.165, 1.54) is 0 Å². The van der Waals surface area contributed by atoms with Crippen molar-refractivity contribution < 1.29 is 0 Å². The molecular weight excluding hydrogens is 244 g/mol. The summed E-state index contributed by atoms with van der Waals surface area (Å²) in [4.78, 5) is 30.4. The van der Waals surface area contributed by atoms with E-state index >= 15 is 0 Å². The first-order chi connectivity index (χ1) is 9.04. The number of nitrogens with zero attached hydrogens (tertiary/aromatic N) is 3. The zero-order valence-corrected chi connectivity index (χ0v) is 11.6. The van der Waals surface area contributed by atoms with Gasteiger partial charge in [0, 0.05) is 13.1 Å². The minimum Gasteiger partial charge on any atom is -0.324 e. The van der Waals surface area contributed by atoms with Crippen molar-refractivity contribution in [1.82, 2.24) is 19.1 Å². The topological polar surface area (TPSA) is 72.7 Å². The maximum Gasteiger partial charge on any atom is 0.330 e. The highest BCUT2D eigenvalue weighted by Gasteiger charge is 2.13. The third-order valence-corrected chi connectivity index (χ3v) is 3.05. The van der Waals surface area contributed by atoms with Crippen molar-refractivity contribution in [2.45, 2.75) is 46.7 Å². The Morgan fingerprint density at radius 2 is 2.11 bits per heavy atom. The van der Waals surface area contributed by atoms with E-state index < -0.39 is 0 Å². The van der Waals surface area contributed by atoms with Crippen molar-refractivity contribution in [1.29, 1.82) is 0 Å². The number of aromatic amines is 1. The SMILES string of the molecule is CCCCn1c(=O)[nH]c(=O)c2c1ncn2CC(C)C. The summed E-state index contributed by atoms with van der Waals surface area (Å²) in [5, 5.41) is 0. The lowest BCUT2D eigenvalue weighted by Gasteiger charge is -2.08. The number of aryl methyl sites for hydroxylation is 1. The molecule has 0 amide bonds. The predicted molar refractivity (Wildman–Crippen MR) is 74.4 cm³/mol. The fraction of sp³-hybridized carbons (Fsp3) is 0.615. The van der Waals surface area contributed by atoms with Crippen LogP contribution >= 0.6 is 0 Å². The number of fused-ring (bicyclic) bond motifs is 1. The Labute approximate surface area is 111 Å². The van der Waals surface area contributed by atoms with E-state index in [-0.39, 0.29) is 11.2 Å². The molecule has 2 rings (SSSR count). The molecule has 0 spiro atoms. The van der Waals surface area contributed by atoms with Crippen LogP contribution in [0.2, 0.25) is 0 Å². The lowest BCUT2D eigenvalue weighted by molar-refractivity contribution is 0.531. The first-order valence-electron chi connectivity index (χ1n) is 6.72. The van der Waals surface area contributed by atoms with Gasteiger partial charge in [-0.2, -0.15) is 0 Å². The van der Waals surface area contributed by atoms with E-state index in [1.807, 2.05) is 4.57 Å². The van der Waals surface area contributed by atoms with Crippen molar-refractivity contribution in [2.75, 3.05) is 0 Å². The third kappa shape index (κ3) is 2.62. The van der Waals surface area contributed by atoms with Crippen LogP contribution < -0.4 is 11.2 Å². The minimum atomic E-state index is -0.374. The quantitative estimate of drug-likeness (QED) is 0.885. The van der Waals surface area contributed by atoms with Gasteiger partial charge in [-0.05, 0) is 12.3 Å². The maximum absolute atomic E-state index is 12.0. The number of aromatic nitrogens is 4. The molecule has 2 aromatic rings. The summed E-state index contributed by atoms with van der Waals surface area (Å²) >= 11 is 0. The highest BCUT2D eigenvalue weighted by molar-refractivity contribution is 5.69. The second kappa shape index (κ2) is 5.42. The van der Waals surface area contributed by atoms with Crippen molar-refractivity contribution in [3.05, 3.63) is 27.2 Å². The molecule has 6 heteroatoms. The molecule has 0 aromatic carbocycles. The Bertz CT molecular complexity index is 678. The summed E-state index contributed by atoms with van der Waals surface area (Å²) in [6, 6.07) is 0. The fourth-order valence-electron chi connectivity index (χ4n) is 2.18. The average molecular weight is 264 g/mol. The standard InChI is InChI=1S/C13H20N4O2/c1-4-5-6-17-11-10(12(18)15-13(17)19)16(8-14-11)7-9(2)3/h8-9H,4-7H2,1-3H3,(H,15,18,19). The van der Waals surface area contributed by atoms with Gasteiger partial charge in [-0.15, -0.1) is 0 Å². The summed E-state index contributed by atoms with van der Waals surface area (Å²) < 4.78 is 3.37. The fourth-order valence-corrected chi connectivity index (χ4v) is 2.18. The van der Waals surface area contributed by atoms with Crippen LogP contribution in [0.4, 0.5) is 0 Å². The molecular formula is C13H20N4O2. The van der Waals surface area contributed by atoms with Crippen LogP contribution in [0.1, 0.15) is 33.6 Å². The number of imidazole rings is 1. The van der Waals surface area contributed by atoms with Crippen molar-refractivity contribution >= 4 is 11.2 Å². The molecule has 0 atom stereocenters. The molecule has 19 heavy (non-hydrogen) atoms. The molecule has 104 valence electrons. The molecule has 0 saturated heterocycles. The first-order valence-corrected chi connectivity index (χ1v) is 6.72. The Kier molecular flexibility index (Phi) is 3.87. The molecule has 0 bridgehead atoms. The molecule has 0 aliphatic heterocycles. The Hall–Kier alpha value is -1.85. The summed E-state index contributed by atoms with van der Waals surface area (Å²) in [7, 11) is 0. The van der Waals surface area contributed by atoms with Crippen LogP contribution in [0.15, 0.2) is 15.9 Å². The van der Waals surface area contributed by atoms with Crippen molar-refractivity contribution in [2.24, 2.45) is 5.92 Å². The minimum absolute atomic E-state index is 0.356. The third-order valence-electron chi connectivity index (χ3n) is 3.05. The van der Waals surface area contributed by atoms with Gasteiger partial charge in [0.25, 0.3) is 5.56 Å². The molecule has 0 unspecified atom stereocenters. The molecule has 0 aliphatic carbocycles. The lowest BCUT2D eigenvalue weighted by Crippen LogP contribution is -2.31. The summed E-state index contributed by atoms with van der Waals surface area (Å²) in [5.41, 5.74) is 0.249. The van der Waals surface area contributed by atoms with E-state index in [2.05, 4.69) is 30.7 Å². The molecule has 0 fully saturated rings. The zero-order chi connectivity index (χ0) is 14.0. The Morgan fingerprint density at radius 3 is 2.74 bits per heavy atom. The van der Waals surface area contributed by atoms with Gasteiger partial charge in [-0.25, -0.2) is 9.78 Å². The van der Waals surface area contributed by atoms with Crippen LogP contribution in [0.25, 0.3) is 11.2 Å². The van der Waals surface area contributed by atoms with E-state index in [4.69, 9.17) is 0 Å². The monoisotopic (exact) mass is 264 g/mol. The molecule has 0 aliphatic rings. The molecule has 0 radical (unpaired) electrons. The molecule has 6 nitrogen and oxygen atoms in total. The smallest absolute Gasteiger partial charge is 0.324 e. The van der Waals surface area contributed by atoms with Gasteiger partial charge < -0.3 is 4.57 Å². The summed E-state index contributed by atoms with van der Waals surface area (Å²) in [5.74, 6) is 0.410. The van der Waals surface area contributed by atoms with E-state index in [9.17, 15) is 9.59 Å². The number of unbranched alkanes of at least 4 members (excludes halogenated alkanes) is 1.